The van der Waals surface area contributed by atoms with E-state index >= 15 is 13.2 Å². The molecular weight excluding hydrogens is 405 g/mol. The average molecular weight is 429 g/mol. The Balaban J connectivity index is 4.05. The van der Waals surface area contributed by atoms with Crippen LogP contribution in [0.2, 0.25) is 0 Å². The largest absolute Gasteiger partial charge is 0.386 e. The fraction of sp³-hybridized carbons (Fsp3) is 0.625. The van der Waals surface area contributed by atoms with Crippen LogP contribution < -0.4 is 5.73 Å². The summed E-state index contributed by atoms with van der Waals surface area (Å²) in [4.78, 5) is 8.19. The molecule has 11 heteroatoms. The van der Waals surface area contributed by atoms with E-state index in [1.807, 2.05) is 0 Å². The molecule has 0 bridgehead atoms. The second-order valence-electron chi connectivity index (χ2n) is 7.00. The van der Waals surface area contributed by atoms with Crippen LogP contribution in [0, 0.1) is 0 Å². The fourth-order valence-electron chi connectivity index (χ4n) is 2.93. The number of sulfone groups is 1. The molecule has 2 N–H and O–H groups in total. The molecule has 154 valence electrons. The summed E-state index contributed by atoms with van der Waals surface area (Å²) in [5.41, 5.74) is 0.589. The summed E-state index contributed by atoms with van der Waals surface area (Å²) in [5, 5.41) is -4.73. The first-order valence-electron chi connectivity index (χ1n) is 7.86. The Morgan fingerprint density at radius 2 is 1.89 bits per heavy atom. The fourth-order valence-corrected chi connectivity index (χ4v) is 4.90. The third-order valence-electron chi connectivity index (χ3n) is 5.39. The monoisotopic (exact) mass is 428 g/mol. The van der Waals surface area contributed by atoms with Crippen molar-refractivity contribution in [1.29, 1.82) is 0 Å². The zero-order valence-corrected chi connectivity index (χ0v) is 17.6. The lowest BCUT2D eigenvalue weighted by atomic mass is 9.76. The van der Waals surface area contributed by atoms with Gasteiger partial charge in [-0.3, -0.25) is 9.98 Å². The van der Waals surface area contributed by atoms with E-state index in [-0.39, 0.29) is 5.16 Å². The standard InChI is InChI=1S/C16H24ClF3N4O2S/c1-8-10(18)14(4,24(7)11(17)9-22-6)15(5)16(19,20)27(25,26)13(2,3)12(21)23-15/h8-9H,6H2,1-5,7H3,(H2,21,23)/b10-8+,11-9-/t14?,15-/m1/s1. The van der Waals surface area contributed by atoms with Crippen LogP contribution in [0.15, 0.2) is 33.2 Å². The topological polar surface area (TPSA) is 88.1 Å². The first-order chi connectivity index (χ1) is 12.0. The summed E-state index contributed by atoms with van der Waals surface area (Å²) >= 11 is 6.04. The molecule has 0 aromatic heterocycles. The van der Waals surface area contributed by atoms with Gasteiger partial charge in [0.2, 0.25) is 9.84 Å². The van der Waals surface area contributed by atoms with Crippen molar-refractivity contribution in [3.63, 3.8) is 0 Å². The van der Waals surface area contributed by atoms with E-state index in [1.165, 1.54) is 14.0 Å². The van der Waals surface area contributed by atoms with Gasteiger partial charge in [0.25, 0.3) is 0 Å². The minimum Gasteiger partial charge on any atom is -0.386 e. The molecule has 0 saturated carbocycles. The van der Waals surface area contributed by atoms with Crippen LogP contribution in [-0.4, -0.2) is 54.0 Å². The molecule has 27 heavy (non-hydrogen) atoms. The number of aliphatic imine (C=N–C) groups is 2. The number of rotatable bonds is 5. The third kappa shape index (κ3) is 2.79. The first-order valence-corrected chi connectivity index (χ1v) is 9.72. The molecule has 6 nitrogen and oxygen atoms in total. The zero-order chi connectivity index (χ0) is 21.6. The van der Waals surface area contributed by atoms with E-state index in [2.05, 4.69) is 16.7 Å². The summed E-state index contributed by atoms with van der Waals surface area (Å²) in [6.07, 6.45) is 1.94. The second kappa shape index (κ2) is 6.80. The molecule has 1 aliphatic heterocycles. The highest BCUT2D eigenvalue weighted by Gasteiger charge is 2.76. The van der Waals surface area contributed by atoms with Crippen molar-refractivity contribution >= 4 is 34.0 Å². The van der Waals surface area contributed by atoms with Crippen LogP contribution in [0.1, 0.15) is 34.6 Å². The van der Waals surface area contributed by atoms with Crippen molar-refractivity contribution in [2.24, 2.45) is 15.7 Å². The number of amidine groups is 1. The number of hydrogen-bond acceptors (Lipinski definition) is 6. The highest BCUT2D eigenvalue weighted by atomic mass is 35.5. The van der Waals surface area contributed by atoms with Crippen LogP contribution in [0.4, 0.5) is 13.2 Å². The van der Waals surface area contributed by atoms with Crippen LogP contribution in [0.25, 0.3) is 0 Å². The van der Waals surface area contributed by atoms with Crippen molar-refractivity contribution in [1.82, 2.24) is 4.90 Å². The predicted molar refractivity (Wildman–Crippen MR) is 102 cm³/mol. The van der Waals surface area contributed by atoms with Gasteiger partial charge in [-0.2, -0.15) is 8.78 Å². The lowest BCUT2D eigenvalue weighted by Gasteiger charge is -2.54. The van der Waals surface area contributed by atoms with Crippen molar-refractivity contribution < 1.29 is 21.6 Å². The molecule has 1 unspecified atom stereocenters. The molecule has 0 spiro atoms. The van der Waals surface area contributed by atoms with Crippen LogP contribution in [-0.2, 0) is 9.84 Å². The number of allylic oxidation sites excluding steroid dienone is 1. The summed E-state index contributed by atoms with van der Waals surface area (Å²) in [5.74, 6) is -1.63. The van der Waals surface area contributed by atoms with Gasteiger partial charge in [0.15, 0.2) is 5.54 Å². The highest BCUT2D eigenvalue weighted by Crippen LogP contribution is 2.55. The molecule has 1 aliphatic rings. The van der Waals surface area contributed by atoms with Gasteiger partial charge in [0, 0.05) is 7.05 Å². The quantitative estimate of drug-likeness (QED) is 0.538. The molecule has 1 rings (SSSR count). The highest BCUT2D eigenvalue weighted by molar-refractivity contribution is 7.94. The average Bonchev–Trinajstić information content (AvgIpc) is 2.57. The minimum atomic E-state index is -5.20. The molecule has 0 amide bonds. The van der Waals surface area contributed by atoms with Gasteiger partial charge in [0.05, 0.1) is 6.20 Å². The number of alkyl halides is 2. The Bertz CT molecular complexity index is 839. The van der Waals surface area contributed by atoms with Gasteiger partial charge < -0.3 is 10.6 Å². The molecule has 1 heterocycles. The maximum absolute atomic E-state index is 15.4. The number of likely N-dealkylation sites (N-methyl/N-ethyl adjacent to an activating group) is 1. The van der Waals surface area contributed by atoms with Gasteiger partial charge in [0.1, 0.15) is 27.1 Å². The van der Waals surface area contributed by atoms with Crippen LogP contribution in [0.5, 0.6) is 0 Å². The molecule has 0 fully saturated rings. The zero-order valence-electron chi connectivity index (χ0n) is 16.0. The van der Waals surface area contributed by atoms with Crippen LogP contribution in [0.3, 0.4) is 0 Å². The van der Waals surface area contributed by atoms with E-state index in [1.54, 1.807) is 0 Å². The van der Waals surface area contributed by atoms with E-state index in [4.69, 9.17) is 17.3 Å². The smallest absolute Gasteiger partial charge is 0.373 e. The molecule has 0 aromatic carbocycles. The lowest BCUT2D eigenvalue weighted by molar-refractivity contribution is -0.0550. The van der Waals surface area contributed by atoms with E-state index in [9.17, 15) is 8.42 Å². The number of nitrogens with zero attached hydrogens (tertiary/aromatic N) is 3. The second-order valence-corrected chi connectivity index (χ2v) is 9.93. The number of hydrogen-bond donors (Lipinski definition) is 1. The van der Waals surface area contributed by atoms with Crippen molar-refractivity contribution in [3.8, 4) is 0 Å². The Morgan fingerprint density at radius 3 is 2.30 bits per heavy atom. The van der Waals surface area contributed by atoms with E-state index < -0.39 is 42.6 Å². The van der Waals surface area contributed by atoms with E-state index in [0.29, 0.717) is 0 Å². The SMILES string of the molecule is C=N/C=C(/Cl)N(C)C(C)(/C(F)=C\C)[C@@]1(C)N=C(N)C(C)(C)S(=O)(=O)C1(F)F. The van der Waals surface area contributed by atoms with Gasteiger partial charge in [-0.15, -0.1) is 0 Å². The summed E-state index contributed by atoms with van der Waals surface area (Å²) in [7, 11) is -3.99. The Kier molecular flexibility index (Phi) is 5.92. The molecule has 0 aromatic rings. The van der Waals surface area contributed by atoms with Gasteiger partial charge >= 0.3 is 5.25 Å². The number of halogens is 4. The van der Waals surface area contributed by atoms with Crippen LogP contribution >= 0.6 is 11.6 Å². The minimum absolute atomic E-state index is 0.252. The summed E-state index contributed by atoms with van der Waals surface area (Å²) < 4.78 is 69.2. The maximum atomic E-state index is 15.4. The molecular formula is C16H24ClF3N4O2S. The normalized spacial score (nSPS) is 29.5. The number of nitrogens with two attached hydrogens (primary N) is 1. The van der Waals surface area contributed by atoms with Crippen molar-refractivity contribution in [2.75, 3.05) is 7.05 Å². The van der Waals surface area contributed by atoms with Crippen molar-refractivity contribution in [2.45, 2.75) is 55.7 Å². The summed E-state index contributed by atoms with van der Waals surface area (Å²) in [6.45, 7) is 8.43. The van der Waals surface area contributed by atoms with Gasteiger partial charge in [-0.05, 0) is 41.3 Å². The van der Waals surface area contributed by atoms with Gasteiger partial charge in [-0.1, -0.05) is 17.7 Å². The molecule has 0 radical (unpaired) electrons. The Morgan fingerprint density at radius 1 is 1.41 bits per heavy atom. The molecule has 0 saturated heterocycles. The Labute approximate surface area is 162 Å². The Hall–Kier alpha value is -1.55. The third-order valence-corrected chi connectivity index (χ3v) is 8.37. The van der Waals surface area contributed by atoms with E-state index in [0.717, 1.165) is 44.9 Å². The van der Waals surface area contributed by atoms with Gasteiger partial charge in [-0.25, -0.2) is 12.8 Å². The lowest BCUT2D eigenvalue weighted by Crippen LogP contribution is -2.74. The summed E-state index contributed by atoms with van der Waals surface area (Å²) in [6, 6.07) is 0. The molecule has 0 aliphatic carbocycles. The molecule has 2 atom stereocenters. The maximum Gasteiger partial charge on any atom is 0.373 e. The first kappa shape index (κ1) is 23.5. The van der Waals surface area contributed by atoms with Crippen molar-refractivity contribution in [3.05, 3.63) is 23.3 Å². The predicted octanol–water partition coefficient (Wildman–Crippen LogP) is 3.20.